The van der Waals surface area contributed by atoms with Crippen LogP contribution in [0.25, 0.3) is 0 Å². The van der Waals surface area contributed by atoms with Crippen LogP contribution in [-0.2, 0) is 10.8 Å². The van der Waals surface area contributed by atoms with E-state index in [4.69, 9.17) is 0 Å². The number of hydrogen-bond donors (Lipinski definition) is 3. The van der Waals surface area contributed by atoms with E-state index in [0.29, 0.717) is 0 Å². The molecule has 5 heteroatoms. The van der Waals surface area contributed by atoms with Crippen molar-refractivity contribution < 1.29 is 0 Å². The Hall–Kier alpha value is -1.50. The molecule has 3 heterocycles. The standard InChI is InChI=1S/C32H45N3S2/c1-7-9-10-14-23-20-25(32(6,17-8-2)27-16-15-26(36-27)31(3,4)5)28-29(34-35-33-28)30(23)37-18-12-11-13-22-19-24(22)21-37/h11-13,15-16,18,20-21,28-29,33-35H,7-10,14,17,19H2,1-6H3. The summed E-state index contributed by atoms with van der Waals surface area (Å²) in [6, 6.07) is 5.29. The average Bonchev–Trinajstić information content (AvgIpc) is 3.23. The van der Waals surface area contributed by atoms with E-state index < -0.39 is 0 Å². The molecule has 3 nitrogen and oxygen atoms in total. The van der Waals surface area contributed by atoms with Crippen molar-refractivity contribution in [3.63, 3.8) is 0 Å². The zero-order valence-electron chi connectivity index (χ0n) is 23.5. The second-order valence-electron chi connectivity index (χ2n) is 12.2. The highest BCUT2D eigenvalue weighted by Crippen LogP contribution is 2.51. The van der Waals surface area contributed by atoms with Crippen molar-refractivity contribution in [2.45, 2.75) is 109 Å². The molecule has 4 atom stereocenters. The van der Waals surface area contributed by atoms with Gasteiger partial charge in [0.1, 0.15) is 0 Å². The highest BCUT2D eigenvalue weighted by Gasteiger charge is 2.45. The van der Waals surface area contributed by atoms with Gasteiger partial charge < -0.3 is 0 Å². The van der Waals surface area contributed by atoms with Crippen molar-refractivity contribution in [1.29, 1.82) is 0 Å². The molecule has 4 aliphatic rings. The number of unbranched alkanes of at least 4 members (excludes halogenated alkanes) is 2. The number of fused-ring (bicyclic) bond motifs is 2. The van der Waals surface area contributed by atoms with E-state index in [1.165, 1.54) is 41.0 Å². The molecule has 2 aliphatic carbocycles. The second-order valence-corrected chi connectivity index (χ2v) is 15.0. The molecule has 0 radical (unpaired) electrons. The molecule has 1 saturated carbocycles. The Balaban J connectivity index is 1.64. The number of nitrogens with one attached hydrogen (secondary N) is 3. The average molecular weight is 536 g/mol. The van der Waals surface area contributed by atoms with Gasteiger partial charge in [-0.1, -0.05) is 85.1 Å². The summed E-state index contributed by atoms with van der Waals surface area (Å²) >= 11 is 2.02. The third-order valence-electron chi connectivity index (χ3n) is 8.20. The SMILES string of the molecule is CCCCCC1=C(S2=CC=CC=C3CC3=C2)C2NNNC2C(C(C)(CCC)c2ccc(C(C)(C)C)s2)=C1. The first-order valence-electron chi connectivity index (χ1n) is 14.2. The first-order chi connectivity index (χ1) is 17.8. The maximum absolute atomic E-state index is 3.68. The minimum absolute atomic E-state index is 0.00654. The molecule has 1 aromatic heterocycles. The maximum atomic E-state index is 3.68. The third-order valence-corrected chi connectivity index (χ3v) is 12.0. The quantitative estimate of drug-likeness (QED) is 0.221. The predicted octanol–water partition coefficient (Wildman–Crippen LogP) is 8.08. The van der Waals surface area contributed by atoms with Gasteiger partial charge in [-0.15, -0.1) is 21.8 Å². The van der Waals surface area contributed by atoms with Crippen molar-refractivity contribution in [2.24, 2.45) is 0 Å². The number of allylic oxidation sites excluding steroid dienone is 7. The number of hydrogen-bond acceptors (Lipinski definition) is 4. The van der Waals surface area contributed by atoms with Crippen LogP contribution in [0.3, 0.4) is 0 Å². The first kappa shape index (κ1) is 27.1. The van der Waals surface area contributed by atoms with Crippen LogP contribution in [0.4, 0.5) is 0 Å². The van der Waals surface area contributed by atoms with Crippen LogP contribution in [0.2, 0.25) is 0 Å². The molecule has 0 bridgehead atoms. The monoisotopic (exact) mass is 535 g/mol. The van der Waals surface area contributed by atoms with Gasteiger partial charge in [-0.2, -0.15) is 5.53 Å². The van der Waals surface area contributed by atoms with E-state index in [1.807, 2.05) is 11.3 Å². The lowest BCUT2D eigenvalue weighted by molar-refractivity contribution is 0.443. The van der Waals surface area contributed by atoms with Gasteiger partial charge in [0.2, 0.25) is 0 Å². The molecule has 1 aromatic rings. The summed E-state index contributed by atoms with van der Waals surface area (Å²) < 4.78 is 0. The minimum Gasteiger partial charge on any atom is -0.235 e. The summed E-state index contributed by atoms with van der Waals surface area (Å²) in [4.78, 5) is 4.56. The Morgan fingerprint density at radius 2 is 1.73 bits per heavy atom. The van der Waals surface area contributed by atoms with E-state index >= 15 is 0 Å². The van der Waals surface area contributed by atoms with Gasteiger partial charge in [0.15, 0.2) is 0 Å². The van der Waals surface area contributed by atoms with Gasteiger partial charge in [0.25, 0.3) is 0 Å². The Morgan fingerprint density at radius 1 is 0.946 bits per heavy atom. The molecule has 0 aromatic carbocycles. The van der Waals surface area contributed by atoms with Crippen molar-refractivity contribution in [3.05, 3.63) is 78.8 Å². The van der Waals surface area contributed by atoms with E-state index in [1.54, 1.807) is 21.6 Å². The summed E-state index contributed by atoms with van der Waals surface area (Å²) in [5.74, 6) is 0. The summed E-state index contributed by atoms with van der Waals surface area (Å²) in [5.41, 5.74) is 17.1. The molecule has 37 heavy (non-hydrogen) atoms. The van der Waals surface area contributed by atoms with Gasteiger partial charge in [0.05, 0.1) is 12.1 Å². The van der Waals surface area contributed by atoms with Gasteiger partial charge in [-0.3, -0.25) is 0 Å². The summed E-state index contributed by atoms with van der Waals surface area (Å²) in [6.45, 7) is 14.1. The first-order valence-corrected chi connectivity index (χ1v) is 16.4. The Labute approximate surface area is 231 Å². The molecule has 3 N–H and O–H groups in total. The summed E-state index contributed by atoms with van der Waals surface area (Å²) in [5, 5.41) is 4.99. The molecule has 2 fully saturated rings. The Bertz CT molecular complexity index is 1220. The van der Waals surface area contributed by atoms with Gasteiger partial charge in [-0.25, -0.2) is 10.9 Å². The van der Waals surface area contributed by atoms with E-state index in [9.17, 15) is 0 Å². The van der Waals surface area contributed by atoms with E-state index in [-0.39, 0.29) is 33.4 Å². The fourth-order valence-electron chi connectivity index (χ4n) is 5.97. The number of hydrazine groups is 2. The largest absolute Gasteiger partial charge is 0.235 e. The van der Waals surface area contributed by atoms with Gasteiger partial charge in [-0.05, 0) is 76.3 Å². The van der Waals surface area contributed by atoms with Crippen molar-refractivity contribution in [3.8, 4) is 0 Å². The molecular formula is C32H45N3S2. The summed E-state index contributed by atoms with van der Waals surface area (Å²) in [6.07, 6.45) is 17.8. The third kappa shape index (κ3) is 5.49. The van der Waals surface area contributed by atoms with Crippen LogP contribution >= 0.6 is 21.8 Å². The highest BCUT2D eigenvalue weighted by atomic mass is 32.2. The van der Waals surface area contributed by atoms with E-state index in [0.717, 1.165) is 19.3 Å². The van der Waals surface area contributed by atoms with Crippen LogP contribution in [0, 0.1) is 0 Å². The summed E-state index contributed by atoms with van der Waals surface area (Å²) in [7, 11) is -0.0113. The van der Waals surface area contributed by atoms with Crippen LogP contribution in [0.5, 0.6) is 0 Å². The topological polar surface area (TPSA) is 36.1 Å². The normalized spacial score (nSPS) is 26.8. The van der Waals surface area contributed by atoms with Gasteiger partial charge in [0, 0.05) is 20.1 Å². The van der Waals surface area contributed by atoms with Crippen molar-refractivity contribution in [1.82, 2.24) is 16.4 Å². The lowest BCUT2D eigenvalue weighted by Gasteiger charge is -2.40. The van der Waals surface area contributed by atoms with Crippen LogP contribution < -0.4 is 16.4 Å². The van der Waals surface area contributed by atoms with E-state index in [2.05, 4.69) is 105 Å². The Kier molecular flexibility index (Phi) is 8.00. The Morgan fingerprint density at radius 3 is 2.46 bits per heavy atom. The molecule has 1 saturated heterocycles. The van der Waals surface area contributed by atoms with Crippen LogP contribution in [0.1, 0.15) is 96.2 Å². The van der Waals surface area contributed by atoms with Crippen molar-refractivity contribution >= 4 is 27.2 Å². The molecule has 5 rings (SSSR count). The van der Waals surface area contributed by atoms with Crippen molar-refractivity contribution in [2.75, 3.05) is 0 Å². The van der Waals surface area contributed by atoms with Crippen LogP contribution in [-0.4, -0.2) is 17.5 Å². The fourth-order valence-corrected chi connectivity index (χ4v) is 9.34. The van der Waals surface area contributed by atoms with Crippen LogP contribution in [0.15, 0.2) is 69.0 Å². The maximum Gasteiger partial charge on any atom is 0.0741 e. The molecule has 0 amide bonds. The fraction of sp³-hybridized carbons (Fsp3) is 0.531. The lowest BCUT2D eigenvalue weighted by Crippen LogP contribution is -2.45. The predicted molar refractivity (Wildman–Crippen MR) is 165 cm³/mol. The number of thiophene rings is 1. The zero-order valence-corrected chi connectivity index (χ0v) is 25.2. The molecule has 0 spiro atoms. The van der Waals surface area contributed by atoms with Gasteiger partial charge >= 0.3 is 0 Å². The zero-order chi connectivity index (χ0) is 26.2. The molecule has 200 valence electrons. The highest BCUT2D eigenvalue weighted by molar-refractivity contribution is 8.21. The lowest BCUT2D eigenvalue weighted by atomic mass is 9.70. The second kappa shape index (κ2) is 10.9. The molecular weight excluding hydrogens is 491 g/mol. The molecule has 4 unspecified atom stereocenters. The smallest absolute Gasteiger partial charge is 0.0741 e. The minimum atomic E-state index is -0.0113. The number of rotatable bonds is 9. The molecule has 2 aliphatic heterocycles.